The summed E-state index contributed by atoms with van der Waals surface area (Å²) in [6.45, 7) is 5.67. The summed E-state index contributed by atoms with van der Waals surface area (Å²) in [5, 5.41) is 2.85. The van der Waals surface area contributed by atoms with Gasteiger partial charge in [-0.3, -0.25) is 4.79 Å². The van der Waals surface area contributed by atoms with Crippen molar-refractivity contribution >= 4 is 15.9 Å². The Morgan fingerprint density at radius 2 is 1.89 bits per heavy atom. The molecule has 9 heteroatoms. The van der Waals surface area contributed by atoms with Crippen LogP contribution in [0.4, 0.5) is 0 Å². The van der Waals surface area contributed by atoms with Gasteiger partial charge in [0.2, 0.25) is 10.0 Å². The van der Waals surface area contributed by atoms with Crippen LogP contribution in [0.5, 0.6) is 0 Å². The van der Waals surface area contributed by atoms with Gasteiger partial charge in [0.1, 0.15) is 0 Å². The van der Waals surface area contributed by atoms with E-state index in [2.05, 4.69) is 10.3 Å². The van der Waals surface area contributed by atoms with E-state index < -0.39 is 10.0 Å². The minimum atomic E-state index is -3.60. The van der Waals surface area contributed by atoms with E-state index in [0.29, 0.717) is 25.2 Å². The summed E-state index contributed by atoms with van der Waals surface area (Å²) >= 11 is 0. The third-order valence-electron chi connectivity index (χ3n) is 4.58. The molecule has 0 saturated carbocycles. The van der Waals surface area contributed by atoms with Crippen LogP contribution in [-0.4, -0.2) is 60.0 Å². The fourth-order valence-electron chi connectivity index (χ4n) is 3.24. The molecular weight excluding hydrogens is 380 g/mol. The Morgan fingerprint density at radius 1 is 1.21 bits per heavy atom. The van der Waals surface area contributed by atoms with E-state index in [4.69, 9.17) is 4.74 Å². The second-order valence-electron chi connectivity index (χ2n) is 7.01. The van der Waals surface area contributed by atoms with E-state index >= 15 is 0 Å². The average Bonchev–Trinajstić information content (AvgIpc) is 3.18. The molecule has 2 atom stereocenters. The van der Waals surface area contributed by atoms with E-state index in [1.165, 1.54) is 16.4 Å². The first-order chi connectivity index (χ1) is 13.4. The van der Waals surface area contributed by atoms with Gasteiger partial charge >= 0.3 is 0 Å². The highest BCUT2D eigenvalue weighted by Crippen LogP contribution is 2.21. The largest absolute Gasteiger partial charge is 0.373 e. The van der Waals surface area contributed by atoms with Gasteiger partial charge in [-0.15, -0.1) is 0 Å². The number of nitrogens with zero attached hydrogens (tertiary/aromatic N) is 3. The predicted molar refractivity (Wildman–Crippen MR) is 104 cm³/mol. The number of ether oxygens (including phenoxy) is 1. The minimum absolute atomic E-state index is 0.147. The predicted octanol–water partition coefficient (Wildman–Crippen LogP) is 1.50. The molecule has 28 heavy (non-hydrogen) atoms. The zero-order valence-corrected chi connectivity index (χ0v) is 16.9. The maximum Gasteiger partial charge on any atom is 0.251 e. The minimum Gasteiger partial charge on any atom is -0.373 e. The van der Waals surface area contributed by atoms with Crippen LogP contribution in [0.3, 0.4) is 0 Å². The number of carbonyl (C=O) groups excluding carboxylic acids is 1. The molecule has 1 aromatic heterocycles. The Kier molecular flexibility index (Phi) is 6.48. The molecule has 1 aliphatic rings. The maximum atomic E-state index is 12.8. The van der Waals surface area contributed by atoms with Crippen LogP contribution in [0.2, 0.25) is 0 Å². The van der Waals surface area contributed by atoms with Gasteiger partial charge in [-0.2, -0.15) is 4.31 Å². The van der Waals surface area contributed by atoms with Gasteiger partial charge in [0.25, 0.3) is 5.91 Å². The first-order valence-electron chi connectivity index (χ1n) is 9.36. The smallest absolute Gasteiger partial charge is 0.251 e. The van der Waals surface area contributed by atoms with Crippen molar-refractivity contribution in [3.05, 3.63) is 48.5 Å². The summed E-state index contributed by atoms with van der Waals surface area (Å²) in [6.07, 6.45) is 5.80. The first-order valence-corrected chi connectivity index (χ1v) is 10.8. The van der Waals surface area contributed by atoms with Crippen LogP contribution < -0.4 is 5.32 Å². The van der Waals surface area contributed by atoms with E-state index in [9.17, 15) is 13.2 Å². The lowest BCUT2D eigenvalue weighted by atomic mass is 10.2. The van der Waals surface area contributed by atoms with Crippen LogP contribution in [0.15, 0.2) is 47.9 Å². The summed E-state index contributed by atoms with van der Waals surface area (Å²) in [5.74, 6) is -0.219. The average molecular weight is 407 g/mol. The highest BCUT2D eigenvalue weighted by atomic mass is 32.2. The van der Waals surface area contributed by atoms with Gasteiger partial charge in [0.15, 0.2) is 0 Å². The zero-order valence-electron chi connectivity index (χ0n) is 16.1. The number of benzene rings is 1. The molecule has 1 amide bonds. The lowest BCUT2D eigenvalue weighted by Gasteiger charge is -2.34. The van der Waals surface area contributed by atoms with Crippen LogP contribution in [-0.2, 0) is 21.3 Å². The van der Waals surface area contributed by atoms with Crippen molar-refractivity contribution in [3.8, 4) is 0 Å². The monoisotopic (exact) mass is 406 g/mol. The third-order valence-corrected chi connectivity index (χ3v) is 6.42. The Bertz CT molecular complexity index is 871. The van der Waals surface area contributed by atoms with Crippen molar-refractivity contribution in [2.75, 3.05) is 19.6 Å². The van der Waals surface area contributed by atoms with Crippen molar-refractivity contribution < 1.29 is 17.9 Å². The first kappa shape index (κ1) is 20.5. The highest BCUT2D eigenvalue weighted by Gasteiger charge is 2.32. The molecule has 1 N–H and O–H groups in total. The number of imidazole rings is 1. The Hall–Kier alpha value is -2.23. The van der Waals surface area contributed by atoms with Crippen LogP contribution in [0.25, 0.3) is 0 Å². The molecule has 2 aromatic rings. The van der Waals surface area contributed by atoms with Crippen molar-refractivity contribution in [2.45, 2.75) is 43.9 Å². The summed E-state index contributed by atoms with van der Waals surface area (Å²) < 4.78 is 34.7. The number of amides is 1. The topological polar surface area (TPSA) is 93.5 Å². The van der Waals surface area contributed by atoms with Crippen molar-refractivity contribution in [1.82, 2.24) is 19.2 Å². The molecule has 0 radical (unpaired) electrons. The van der Waals surface area contributed by atoms with Crippen molar-refractivity contribution in [2.24, 2.45) is 0 Å². The molecule has 0 bridgehead atoms. The number of nitrogens with one attached hydrogen (secondary N) is 1. The van der Waals surface area contributed by atoms with Crippen molar-refractivity contribution in [3.63, 3.8) is 0 Å². The van der Waals surface area contributed by atoms with Gasteiger partial charge in [-0.25, -0.2) is 13.4 Å². The van der Waals surface area contributed by atoms with E-state index in [0.717, 1.165) is 13.0 Å². The SMILES string of the molecule is C[C@@H]1CN(S(=O)(=O)c2ccc(C(=O)NCCCn3ccnc3)cc2)C[C@H](C)O1. The molecule has 152 valence electrons. The Balaban J connectivity index is 1.56. The zero-order chi connectivity index (χ0) is 20.1. The molecular formula is C19H26N4O4S. The molecule has 0 spiro atoms. The van der Waals surface area contributed by atoms with Gasteiger partial charge in [0.05, 0.1) is 23.4 Å². The lowest BCUT2D eigenvalue weighted by Crippen LogP contribution is -2.48. The number of aromatic nitrogens is 2. The normalized spacial score (nSPS) is 20.8. The number of morpholine rings is 1. The number of hydrogen-bond acceptors (Lipinski definition) is 5. The fourth-order valence-corrected chi connectivity index (χ4v) is 4.83. The van der Waals surface area contributed by atoms with Crippen LogP contribution >= 0.6 is 0 Å². The standard InChI is InChI=1S/C19H26N4O4S/c1-15-12-23(13-16(2)27-15)28(25,26)18-6-4-17(5-7-18)19(24)21-8-3-10-22-11-9-20-14-22/h4-7,9,11,14-16H,3,8,10,12-13H2,1-2H3,(H,21,24)/t15-,16+. The van der Waals surface area contributed by atoms with Gasteiger partial charge in [-0.1, -0.05) is 0 Å². The number of aryl methyl sites for hydroxylation is 1. The molecule has 0 aliphatic carbocycles. The van der Waals surface area contributed by atoms with Gasteiger partial charge in [0, 0.05) is 44.1 Å². The van der Waals surface area contributed by atoms with Gasteiger partial charge in [-0.05, 0) is 44.5 Å². The summed E-state index contributed by atoms with van der Waals surface area (Å²) in [4.78, 5) is 16.4. The molecule has 8 nitrogen and oxygen atoms in total. The van der Waals surface area contributed by atoms with Gasteiger partial charge < -0.3 is 14.6 Å². The molecule has 1 saturated heterocycles. The quantitative estimate of drug-likeness (QED) is 0.704. The number of carbonyl (C=O) groups is 1. The highest BCUT2D eigenvalue weighted by molar-refractivity contribution is 7.89. The number of rotatable bonds is 7. The summed E-state index contributed by atoms with van der Waals surface area (Å²) in [7, 11) is -3.60. The van der Waals surface area contributed by atoms with E-state index in [-0.39, 0.29) is 23.0 Å². The summed E-state index contributed by atoms with van der Waals surface area (Å²) in [6, 6.07) is 6.07. The van der Waals surface area contributed by atoms with Crippen LogP contribution in [0.1, 0.15) is 30.6 Å². The molecule has 2 heterocycles. The third kappa shape index (κ3) is 4.98. The summed E-state index contributed by atoms with van der Waals surface area (Å²) in [5.41, 5.74) is 0.435. The lowest BCUT2D eigenvalue weighted by molar-refractivity contribution is -0.0440. The number of hydrogen-bond donors (Lipinski definition) is 1. The molecule has 3 rings (SSSR count). The Morgan fingerprint density at radius 3 is 2.50 bits per heavy atom. The van der Waals surface area contributed by atoms with E-state index in [1.807, 2.05) is 24.6 Å². The van der Waals surface area contributed by atoms with Crippen LogP contribution in [0, 0.1) is 0 Å². The second kappa shape index (κ2) is 8.85. The molecule has 1 aliphatic heterocycles. The maximum absolute atomic E-state index is 12.8. The van der Waals surface area contributed by atoms with E-state index in [1.54, 1.807) is 24.7 Å². The molecule has 1 fully saturated rings. The molecule has 0 unspecified atom stereocenters. The van der Waals surface area contributed by atoms with Crippen molar-refractivity contribution in [1.29, 1.82) is 0 Å². The fraction of sp³-hybridized carbons (Fsp3) is 0.474. The second-order valence-corrected chi connectivity index (χ2v) is 8.95. The Labute approximate surface area is 165 Å². The molecule has 1 aromatic carbocycles. The number of sulfonamides is 1.